The highest BCUT2D eigenvalue weighted by Crippen LogP contribution is 2.07. The van der Waals surface area contributed by atoms with E-state index in [2.05, 4.69) is 9.97 Å². The predicted octanol–water partition coefficient (Wildman–Crippen LogP) is 0.738. The first kappa shape index (κ1) is 6.29. The maximum atomic E-state index is 5.58. The van der Waals surface area contributed by atoms with Crippen LogP contribution in [0.2, 0.25) is 0 Å². The molecule has 50 valence electrons. The van der Waals surface area contributed by atoms with Crippen molar-refractivity contribution < 1.29 is 0 Å². The van der Waals surface area contributed by atoms with Gasteiger partial charge in [0.2, 0.25) is 0 Å². The quantitative estimate of drug-likeness (QED) is 0.581. The smallest absolute Gasteiger partial charge is 0.0925 e. The lowest BCUT2D eigenvalue weighted by molar-refractivity contribution is 0.780. The number of hydrogen-bond donors (Lipinski definition) is 2. The summed E-state index contributed by atoms with van der Waals surface area (Å²) in [7, 11) is 0. The average molecular weight is 125 g/mol. The molecular formula is C6H11N3. The number of imidazole rings is 1. The number of aromatic amines is 1. The topological polar surface area (TPSA) is 54.7 Å². The van der Waals surface area contributed by atoms with Gasteiger partial charge in [-0.3, -0.25) is 0 Å². The number of nitrogens with zero attached hydrogens (tertiary/aromatic N) is 1. The lowest BCUT2D eigenvalue weighted by Crippen LogP contribution is -2.06. The van der Waals surface area contributed by atoms with Crippen molar-refractivity contribution in [1.82, 2.24) is 9.97 Å². The Morgan fingerprint density at radius 2 is 2.44 bits per heavy atom. The van der Waals surface area contributed by atoms with E-state index in [0.717, 1.165) is 11.4 Å². The van der Waals surface area contributed by atoms with Crippen LogP contribution in [0.15, 0.2) is 6.33 Å². The number of aryl methyl sites for hydroxylation is 1. The lowest BCUT2D eigenvalue weighted by atomic mass is 10.2. The van der Waals surface area contributed by atoms with Gasteiger partial charge in [0.05, 0.1) is 12.0 Å². The monoisotopic (exact) mass is 125 g/mol. The molecule has 1 rings (SSSR count). The molecule has 1 aromatic heterocycles. The minimum Gasteiger partial charge on any atom is -0.348 e. The minimum absolute atomic E-state index is 0.0382. The maximum Gasteiger partial charge on any atom is 0.0925 e. The SMILES string of the molecule is Cc1[nH]cnc1[C@H](C)N. The van der Waals surface area contributed by atoms with Crippen molar-refractivity contribution in [2.75, 3.05) is 0 Å². The van der Waals surface area contributed by atoms with E-state index in [0.29, 0.717) is 0 Å². The predicted molar refractivity (Wildman–Crippen MR) is 35.9 cm³/mol. The number of nitrogens with two attached hydrogens (primary N) is 1. The summed E-state index contributed by atoms with van der Waals surface area (Å²) < 4.78 is 0. The molecule has 0 fully saturated rings. The summed E-state index contributed by atoms with van der Waals surface area (Å²) in [5, 5.41) is 0. The van der Waals surface area contributed by atoms with Crippen molar-refractivity contribution in [3.05, 3.63) is 17.7 Å². The standard InChI is InChI=1S/C6H11N3/c1-4(7)6-5(2)8-3-9-6/h3-4H,7H2,1-2H3,(H,8,9)/t4-/m0/s1. The highest BCUT2D eigenvalue weighted by molar-refractivity contribution is 5.11. The van der Waals surface area contributed by atoms with Crippen LogP contribution in [0.1, 0.15) is 24.4 Å². The molecule has 0 aliphatic rings. The minimum atomic E-state index is 0.0382. The van der Waals surface area contributed by atoms with Crippen LogP contribution in [0.3, 0.4) is 0 Å². The van der Waals surface area contributed by atoms with Gasteiger partial charge in [0.1, 0.15) is 0 Å². The van der Waals surface area contributed by atoms with Gasteiger partial charge in [-0.25, -0.2) is 4.98 Å². The van der Waals surface area contributed by atoms with E-state index in [1.165, 1.54) is 0 Å². The van der Waals surface area contributed by atoms with Crippen LogP contribution >= 0.6 is 0 Å². The van der Waals surface area contributed by atoms with Crippen molar-refractivity contribution in [3.8, 4) is 0 Å². The Balaban J connectivity index is 2.94. The molecule has 3 heteroatoms. The van der Waals surface area contributed by atoms with Crippen LogP contribution in [-0.2, 0) is 0 Å². The first-order valence-electron chi connectivity index (χ1n) is 2.97. The summed E-state index contributed by atoms with van der Waals surface area (Å²) >= 11 is 0. The zero-order valence-corrected chi connectivity index (χ0v) is 5.68. The van der Waals surface area contributed by atoms with Crippen LogP contribution in [0.25, 0.3) is 0 Å². The third-order valence-corrected chi connectivity index (χ3v) is 1.30. The summed E-state index contributed by atoms with van der Waals surface area (Å²) in [5.41, 5.74) is 7.59. The Labute approximate surface area is 54.3 Å². The van der Waals surface area contributed by atoms with Gasteiger partial charge in [0.15, 0.2) is 0 Å². The van der Waals surface area contributed by atoms with Crippen LogP contribution in [0.5, 0.6) is 0 Å². The van der Waals surface area contributed by atoms with E-state index in [-0.39, 0.29) is 6.04 Å². The van der Waals surface area contributed by atoms with Crippen LogP contribution < -0.4 is 5.73 Å². The van der Waals surface area contributed by atoms with E-state index >= 15 is 0 Å². The molecule has 0 amide bonds. The number of nitrogens with one attached hydrogen (secondary N) is 1. The van der Waals surface area contributed by atoms with Gasteiger partial charge in [-0.1, -0.05) is 0 Å². The maximum absolute atomic E-state index is 5.58. The fourth-order valence-electron chi connectivity index (χ4n) is 0.828. The second-order valence-electron chi connectivity index (χ2n) is 2.20. The molecule has 0 saturated carbocycles. The van der Waals surface area contributed by atoms with Crippen LogP contribution in [0.4, 0.5) is 0 Å². The second-order valence-corrected chi connectivity index (χ2v) is 2.20. The summed E-state index contributed by atoms with van der Waals surface area (Å²) in [4.78, 5) is 6.99. The van der Waals surface area contributed by atoms with Gasteiger partial charge in [-0.2, -0.15) is 0 Å². The lowest BCUT2D eigenvalue weighted by Gasteiger charge is -1.99. The second kappa shape index (κ2) is 2.19. The normalized spacial score (nSPS) is 13.7. The number of hydrogen-bond acceptors (Lipinski definition) is 2. The molecule has 1 aromatic rings. The van der Waals surface area contributed by atoms with Gasteiger partial charge in [0.25, 0.3) is 0 Å². The Morgan fingerprint density at radius 3 is 2.67 bits per heavy atom. The first-order chi connectivity index (χ1) is 4.22. The molecule has 1 heterocycles. The van der Waals surface area contributed by atoms with E-state index in [1.807, 2.05) is 13.8 Å². The van der Waals surface area contributed by atoms with E-state index in [4.69, 9.17) is 5.73 Å². The van der Waals surface area contributed by atoms with Gasteiger partial charge < -0.3 is 10.7 Å². The van der Waals surface area contributed by atoms with Crippen molar-refractivity contribution in [1.29, 1.82) is 0 Å². The molecule has 0 radical (unpaired) electrons. The van der Waals surface area contributed by atoms with Crippen LogP contribution in [0, 0.1) is 6.92 Å². The molecule has 3 N–H and O–H groups in total. The molecular weight excluding hydrogens is 114 g/mol. The molecule has 0 aliphatic carbocycles. The number of H-pyrrole nitrogens is 1. The summed E-state index contributed by atoms with van der Waals surface area (Å²) in [6, 6.07) is 0.0382. The van der Waals surface area contributed by atoms with E-state index in [1.54, 1.807) is 6.33 Å². The fourth-order valence-corrected chi connectivity index (χ4v) is 0.828. The molecule has 1 atom stereocenters. The summed E-state index contributed by atoms with van der Waals surface area (Å²) in [6.07, 6.45) is 1.66. The molecule has 0 spiro atoms. The summed E-state index contributed by atoms with van der Waals surface area (Å²) in [6.45, 7) is 3.88. The molecule has 0 saturated heterocycles. The fraction of sp³-hybridized carbons (Fsp3) is 0.500. The molecule has 0 unspecified atom stereocenters. The van der Waals surface area contributed by atoms with Crippen molar-refractivity contribution >= 4 is 0 Å². The highest BCUT2D eigenvalue weighted by Gasteiger charge is 2.03. The Hall–Kier alpha value is -0.830. The number of aromatic nitrogens is 2. The van der Waals surface area contributed by atoms with Crippen LogP contribution in [-0.4, -0.2) is 9.97 Å². The Morgan fingerprint density at radius 1 is 1.78 bits per heavy atom. The first-order valence-corrected chi connectivity index (χ1v) is 2.97. The zero-order chi connectivity index (χ0) is 6.85. The molecule has 0 aromatic carbocycles. The molecule has 0 bridgehead atoms. The Bertz CT molecular complexity index is 190. The van der Waals surface area contributed by atoms with Gasteiger partial charge in [-0.05, 0) is 13.8 Å². The molecule has 9 heavy (non-hydrogen) atoms. The summed E-state index contributed by atoms with van der Waals surface area (Å²) in [5.74, 6) is 0. The largest absolute Gasteiger partial charge is 0.348 e. The van der Waals surface area contributed by atoms with Gasteiger partial charge in [-0.15, -0.1) is 0 Å². The van der Waals surface area contributed by atoms with Crippen molar-refractivity contribution in [3.63, 3.8) is 0 Å². The zero-order valence-electron chi connectivity index (χ0n) is 5.68. The Kier molecular flexibility index (Phi) is 1.53. The van der Waals surface area contributed by atoms with Crippen molar-refractivity contribution in [2.45, 2.75) is 19.9 Å². The van der Waals surface area contributed by atoms with Gasteiger partial charge in [0, 0.05) is 11.7 Å². The molecule has 0 aliphatic heterocycles. The average Bonchev–Trinajstić information content (AvgIpc) is 2.13. The number of rotatable bonds is 1. The highest BCUT2D eigenvalue weighted by atomic mass is 14.9. The van der Waals surface area contributed by atoms with Crippen molar-refractivity contribution in [2.24, 2.45) is 5.73 Å². The van der Waals surface area contributed by atoms with E-state index < -0.39 is 0 Å². The van der Waals surface area contributed by atoms with Gasteiger partial charge >= 0.3 is 0 Å². The third kappa shape index (κ3) is 1.10. The third-order valence-electron chi connectivity index (χ3n) is 1.30. The van der Waals surface area contributed by atoms with E-state index in [9.17, 15) is 0 Å². The molecule has 3 nitrogen and oxygen atoms in total.